The second kappa shape index (κ2) is 8.13. The van der Waals surface area contributed by atoms with Crippen LogP contribution in [0, 0.1) is 5.41 Å². The highest BCUT2D eigenvalue weighted by Gasteiger charge is 2.03. The minimum Gasteiger partial charge on any atom is -0.388 e. The minimum absolute atomic E-state index is 0.290. The molecular weight excluding hydrogens is 363 g/mol. The zero-order chi connectivity index (χ0) is 14.4. The van der Waals surface area contributed by atoms with Gasteiger partial charge in [-0.3, -0.25) is 5.41 Å². The van der Waals surface area contributed by atoms with E-state index in [1.807, 2.05) is 6.26 Å². The number of hydrogen-bond donors (Lipinski definition) is 2. The summed E-state index contributed by atoms with van der Waals surface area (Å²) in [5, 5.41) is 11.3. The fourth-order valence-corrected chi connectivity index (χ4v) is 2.91. The zero-order valence-electron chi connectivity index (χ0n) is 9.52. The number of halogens is 2. The van der Waals surface area contributed by atoms with Crippen molar-refractivity contribution in [3.05, 3.63) is 31.1 Å². The number of rotatable bonds is 2. The molecule has 0 aliphatic rings. The average Bonchev–Trinajstić information content (AvgIpc) is 2.98. The van der Waals surface area contributed by atoms with Gasteiger partial charge in [-0.1, -0.05) is 35.4 Å². The smallest absolute Gasteiger partial charge is 0.184 e. The van der Waals surface area contributed by atoms with Crippen LogP contribution in [-0.2, 0) is 0 Å². The molecule has 0 aromatic carbocycles. The number of thioether (sulfide) groups is 1. The van der Waals surface area contributed by atoms with E-state index in [2.05, 4.69) is 22.2 Å². The SMILES string of the molecule is CSC(=N)c1csc(Cl)n1.NC(=S)c1csc(Cl)n1. The van der Waals surface area contributed by atoms with Gasteiger partial charge in [-0.2, -0.15) is 0 Å². The van der Waals surface area contributed by atoms with Gasteiger partial charge in [-0.05, 0) is 6.26 Å². The lowest BCUT2D eigenvalue weighted by Crippen LogP contribution is -2.09. The highest BCUT2D eigenvalue weighted by Crippen LogP contribution is 2.17. The van der Waals surface area contributed by atoms with Gasteiger partial charge in [0.05, 0.1) is 0 Å². The Morgan fingerprint density at radius 3 is 2.00 bits per heavy atom. The van der Waals surface area contributed by atoms with Crippen molar-refractivity contribution in [1.82, 2.24) is 9.97 Å². The van der Waals surface area contributed by atoms with E-state index in [1.165, 1.54) is 34.4 Å². The summed E-state index contributed by atoms with van der Waals surface area (Å²) >= 11 is 19.7. The van der Waals surface area contributed by atoms with E-state index in [4.69, 9.17) is 34.3 Å². The van der Waals surface area contributed by atoms with Gasteiger partial charge in [0, 0.05) is 10.8 Å². The Labute approximate surface area is 137 Å². The highest BCUT2D eigenvalue weighted by atomic mass is 35.5. The van der Waals surface area contributed by atoms with Crippen molar-refractivity contribution in [2.24, 2.45) is 5.73 Å². The average molecular weight is 371 g/mol. The first-order valence-corrected chi connectivity index (χ1v) is 8.73. The molecule has 0 bridgehead atoms. The molecule has 2 rings (SSSR count). The summed E-state index contributed by atoms with van der Waals surface area (Å²) in [7, 11) is 0. The van der Waals surface area contributed by atoms with Crippen LogP contribution < -0.4 is 5.73 Å². The van der Waals surface area contributed by atoms with Gasteiger partial charge in [0.15, 0.2) is 8.93 Å². The molecule has 0 saturated heterocycles. The lowest BCUT2D eigenvalue weighted by atomic mass is 10.5. The molecule has 2 heterocycles. The summed E-state index contributed by atoms with van der Waals surface area (Å²) in [5.74, 6) is 0. The Bertz CT molecular complexity index is 580. The molecule has 4 nitrogen and oxygen atoms in total. The maximum atomic E-state index is 7.34. The maximum Gasteiger partial charge on any atom is 0.184 e. The van der Waals surface area contributed by atoms with Crippen molar-refractivity contribution in [3.8, 4) is 0 Å². The lowest BCUT2D eigenvalue weighted by molar-refractivity contribution is 1.37. The van der Waals surface area contributed by atoms with Gasteiger partial charge in [-0.25, -0.2) is 9.97 Å². The van der Waals surface area contributed by atoms with Crippen LogP contribution in [0.3, 0.4) is 0 Å². The number of thiazole rings is 2. The fraction of sp³-hybridized carbons (Fsp3) is 0.111. The third kappa shape index (κ3) is 5.72. The predicted octanol–water partition coefficient (Wildman–Crippen LogP) is 3.92. The van der Waals surface area contributed by atoms with E-state index >= 15 is 0 Å². The van der Waals surface area contributed by atoms with Gasteiger partial charge in [-0.15, -0.1) is 34.4 Å². The second-order valence-corrected chi connectivity index (χ2v) is 7.01. The highest BCUT2D eigenvalue weighted by molar-refractivity contribution is 8.13. The van der Waals surface area contributed by atoms with E-state index in [-0.39, 0.29) is 4.99 Å². The fourth-order valence-electron chi connectivity index (χ4n) is 0.826. The first kappa shape index (κ1) is 16.8. The Balaban J connectivity index is 0.000000191. The number of thiocarbonyl (C=S) groups is 1. The number of nitrogens with two attached hydrogens (primary N) is 1. The molecule has 0 unspecified atom stereocenters. The quantitative estimate of drug-likeness (QED) is 0.475. The van der Waals surface area contributed by atoms with Crippen molar-refractivity contribution in [2.45, 2.75) is 0 Å². The topological polar surface area (TPSA) is 75.7 Å². The number of aromatic nitrogens is 2. The van der Waals surface area contributed by atoms with E-state index in [1.54, 1.807) is 10.8 Å². The van der Waals surface area contributed by atoms with Crippen molar-refractivity contribution in [3.63, 3.8) is 0 Å². The molecular formula is C9H8Cl2N4S4. The van der Waals surface area contributed by atoms with Crippen molar-refractivity contribution in [2.75, 3.05) is 6.26 Å². The summed E-state index contributed by atoms with van der Waals surface area (Å²) < 4.78 is 0.964. The largest absolute Gasteiger partial charge is 0.388 e. The summed E-state index contributed by atoms with van der Waals surface area (Å²) in [5.41, 5.74) is 6.51. The van der Waals surface area contributed by atoms with Gasteiger partial charge in [0.2, 0.25) is 0 Å². The Kier molecular flexibility index (Phi) is 7.19. The number of hydrogen-bond acceptors (Lipinski definition) is 7. The summed E-state index contributed by atoms with van der Waals surface area (Å²) in [6, 6.07) is 0. The van der Waals surface area contributed by atoms with Crippen LogP contribution in [0.2, 0.25) is 8.93 Å². The minimum atomic E-state index is 0.290. The van der Waals surface area contributed by atoms with Gasteiger partial charge >= 0.3 is 0 Å². The second-order valence-electron chi connectivity index (χ2n) is 2.87. The Morgan fingerprint density at radius 2 is 1.74 bits per heavy atom. The number of nitrogens with one attached hydrogen (secondary N) is 1. The van der Waals surface area contributed by atoms with Crippen molar-refractivity contribution in [1.29, 1.82) is 5.41 Å². The molecule has 19 heavy (non-hydrogen) atoms. The lowest BCUT2D eigenvalue weighted by Gasteiger charge is -1.89. The number of nitrogens with zero attached hydrogens (tertiary/aromatic N) is 2. The van der Waals surface area contributed by atoms with Gasteiger partial charge in [0.25, 0.3) is 0 Å². The van der Waals surface area contributed by atoms with Gasteiger partial charge in [0.1, 0.15) is 21.4 Å². The van der Waals surface area contributed by atoms with Gasteiger partial charge < -0.3 is 5.73 Å². The molecule has 10 heteroatoms. The monoisotopic (exact) mass is 370 g/mol. The summed E-state index contributed by atoms with van der Waals surface area (Å²) in [6.07, 6.45) is 1.84. The molecule has 0 amide bonds. The molecule has 0 radical (unpaired) electrons. The first-order valence-electron chi connectivity index (χ1n) is 4.58. The zero-order valence-corrected chi connectivity index (χ0v) is 14.3. The van der Waals surface area contributed by atoms with E-state index in [9.17, 15) is 0 Å². The third-order valence-electron chi connectivity index (χ3n) is 1.64. The molecule has 0 aliphatic heterocycles. The Morgan fingerprint density at radius 1 is 1.26 bits per heavy atom. The maximum absolute atomic E-state index is 7.34. The molecule has 3 N–H and O–H groups in total. The molecule has 102 valence electrons. The summed E-state index contributed by atoms with van der Waals surface area (Å²) in [6.45, 7) is 0. The first-order chi connectivity index (χ1) is 8.93. The van der Waals surface area contributed by atoms with Crippen molar-refractivity contribution < 1.29 is 0 Å². The van der Waals surface area contributed by atoms with Crippen LogP contribution in [0.25, 0.3) is 0 Å². The normalized spacial score (nSPS) is 9.63. The third-order valence-corrected chi connectivity index (χ3v) is 4.43. The molecule has 0 atom stereocenters. The predicted molar refractivity (Wildman–Crippen MR) is 90.5 cm³/mol. The standard InChI is InChI=1S/C5H5ClN2S2.C4H3ClN2S2/c1-9-4(7)3-2-10-5(6)8-3;5-4-7-2(1-9-4)3(6)8/h2,7H,1H3;1H,(H2,6,8). The molecule has 0 fully saturated rings. The molecule has 2 aromatic rings. The van der Waals surface area contributed by atoms with Crippen LogP contribution in [0.4, 0.5) is 0 Å². The van der Waals surface area contributed by atoms with Crippen LogP contribution in [0.1, 0.15) is 11.4 Å². The van der Waals surface area contributed by atoms with E-state index < -0.39 is 0 Å². The van der Waals surface area contributed by atoms with Crippen LogP contribution >= 0.6 is 69.9 Å². The van der Waals surface area contributed by atoms with E-state index in [0.29, 0.717) is 25.4 Å². The van der Waals surface area contributed by atoms with Crippen LogP contribution in [0.5, 0.6) is 0 Å². The Hall–Kier alpha value is -0.250. The molecule has 0 saturated carbocycles. The van der Waals surface area contributed by atoms with Crippen molar-refractivity contribution >= 4 is 79.9 Å². The molecule has 2 aromatic heterocycles. The van der Waals surface area contributed by atoms with Crippen LogP contribution in [-0.4, -0.2) is 26.3 Å². The van der Waals surface area contributed by atoms with E-state index in [0.717, 1.165) is 0 Å². The molecule has 0 aliphatic carbocycles. The summed E-state index contributed by atoms with van der Waals surface area (Å²) in [4.78, 5) is 8.04. The van der Waals surface area contributed by atoms with Crippen LogP contribution in [0.15, 0.2) is 10.8 Å². The molecule has 0 spiro atoms.